The number of carbonyl (C=O) groups is 1. The fourth-order valence-electron chi connectivity index (χ4n) is 3.28. The number of nitrogens with one attached hydrogen (secondary N) is 1. The summed E-state index contributed by atoms with van der Waals surface area (Å²) in [6, 6.07) is 22.5. The van der Waals surface area contributed by atoms with E-state index >= 15 is 0 Å². The van der Waals surface area contributed by atoms with Crippen LogP contribution < -0.4 is 5.32 Å². The Labute approximate surface area is 177 Å². The van der Waals surface area contributed by atoms with Crippen molar-refractivity contribution < 1.29 is 9.32 Å². The first-order chi connectivity index (χ1) is 15.3. The molecule has 31 heavy (non-hydrogen) atoms. The summed E-state index contributed by atoms with van der Waals surface area (Å²) in [5, 5.41) is 7.96. The maximum absolute atomic E-state index is 12.8. The zero-order valence-electron chi connectivity index (χ0n) is 16.4. The maximum Gasteiger partial charge on any atom is 0.274 e. The van der Waals surface area contributed by atoms with Gasteiger partial charge in [0.2, 0.25) is 11.7 Å². The average Bonchev–Trinajstić information content (AvgIpc) is 3.29. The molecule has 7 nitrogen and oxygen atoms in total. The fraction of sp³-hybridized carbons (Fsp3) is 0.0417. The molecule has 150 valence electrons. The normalized spacial score (nSPS) is 10.8. The predicted molar refractivity (Wildman–Crippen MR) is 116 cm³/mol. The van der Waals surface area contributed by atoms with Crippen LogP contribution in [0, 0.1) is 0 Å². The van der Waals surface area contributed by atoms with Crippen LogP contribution in [0.15, 0.2) is 89.7 Å². The second-order valence-electron chi connectivity index (χ2n) is 6.93. The molecule has 3 aromatic heterocycles. The van der Waals surface area contributed by atoms with Crippen molar-refractivity contribution in [1.82, 2.24) is 20.1 Å². The van der Waals surface area contributed by atoms with E-state index in [1.165, 1.54) is 0 Å². The second kappa shape index (κ2) is 8.16. The molecule has 0 unspecified atom stereocenters. The van der Waals surface area contributed by atoms with Crippen LogP contribution in [0.25, 0.3) is 22.3 Å². The van der Waals surface area contributed by atoms with Gasteiger partial charge in [-0.15, -0.1) is 0 Å². The SMILES string of the molecule is O=C(Nc1ccccc1Cc1nc(-c2cccnc2)no1)c1ccc2ccccc2n1. The van der Waals surface area contributed by atoms with Crippen molar-refractivity contribution in [2.24, 2.45) is 0 Å². The molecule has 5 aromatic rings. The Morgan fingerprint density at radius 3 is 2.68 bits per heavy atom. The lowest BCUT2D eigenvalue weighted by atomic mass is 10.1. The number of fused-ring (bicyclic) bond motifs is 1. The summed E-state index contributed by atoms with van der Waals surface area (Å²) in [5.41, 5.74) is 3.44. The molecule has 7 heteroatoms. The van der Waals surface area contributed by atoms with Crippen LogP contribution in [0.2, 0.25) is 0 Å². The number of pyridine rings is 2. The Hall–Kier alpha value is -4.39. The number of amides is 1. The molecule has 1 amide bonds. The van der Waals surface area contributed by atoms with Gasteiger partial charge in [-0.2, -0.15) is 4.98 Å². The highest BCUT2D eigenvalue weighted by atomic mass is 16.5. The number of rotatable bonds is 5. The summed E-state index contributed by atoms with van der Waals surface area (Å²) in [7, 11) is 0. The third-order valence-electron chi connectivity index (χ3n) is 4.83. The van der Waals surface area contributed by atoms with E-state index in [1.54, 1.807) is 18.5 Å². The van der Waals surface area contributed by atoms with Gasteiger partial charge in [0, 0.05) is 29.0 Å². The van der Waals surface area contributed by atoms with Gasteiger partial charge in [-0.1, -0.05) is 47.6 Å². The molecule has 0 bridgehead atoms. The van der Waals surface area contributed by atoms with Gasteiger partial charge in [-0.25, -0.2) is 4.98 Å². The van der Waals surface area contributed by atoms with Gasteiger partial charge in [0.15, 0.2) is 0 Å². The molecule has 2 aromatic carbocycles. The Bertz CT molecular complexity index is 1360. The highest BCUT2D eigenvalue weighted by Gasteiger charge is 2.14. The van der Waals surface area contributed by atoms with Crippen molar-refractivity contribution in [3.63, 3.8) is 0 Å². The molecule has 0 saturated carbocycles. The molecule has 0 radical (unpaired) electrons. The minimum absolute atomic E-state index is 0.278. The van der Waals surface area contributed by atoms with Crippen LogP contribution in [-0.2, 0) is 6.42 Å². The van der Waals surface area contributed by atoms with E-state index in [4.69, 9.17) is 4.52 Å². The zero-order valence-corrected chi connectivity index (χ0v) is 16.4. The zero-order chi connectivity index (χ0) is 21.0. The van der Waals surface area contributed by atoms with Gasteiger partial charge in [0.1, 0.15) is 5.69 Å². The molecule has 0 aliphatic carbocycles. The van der Waals surface area contributed by atoms with Crippen LogP contribution in [-0.4, -0.2) is 26.0 Å². The van der Waals surface area contributed by atoms with E-state index in [0.717, 1.165) is 22.0 Å². The largest absolute Gasteiger partial charge is 0.339 e. The number of benzene rings is 2. The minimum Gasteiger partial charge on any atom is -0.339 e. The molecule has 3 heterocycles. The first-order valence-electron chi connectivity index (χ1n) is 9.74. The van der Waals surface area contributed by atoms with Gasteiger partial charge in [0.05, 0.1) is 11.9 Å². The summed E-state index contributed by atoms with van der Waals surface area (Å²) in [6.45, 7) is 0. The topological polar surface area (TPSA) is 93.8 Å². The van der Waals surface area contributed by atoms with Crippen LogP contribution in [0.3, 0.4) is 0 Å². The number of hydrogen-bond acceptors (Lipinski definition) is 6. The van der Waals surface area contributed by atoms with Crippen molar-refractivity contribution in [1.29, 1.82) is 0 Å². The number of carbonyl (C=O) groups excluding carboxylic acids is 1. The second-order valence-corrected chi connectivity index (χ2v) is 6.93. The van der Waals surface area contributed by atoms with Crippen LogP contribution in [0.1, 0.15) is 21.9 Å². The molecular formula is C24H17N5O2. The molecule has 0 atom stereocenters. The molecule has 0 aliphatic rings. The third-order valence-corrected chi connectivity index (χ3v) is 4.83. The molecule has 5 rings (SSSR count). The van der Waals surface area contributed by atoms with Crippen LogP contribution in [0.5, 0.6) is 0 Å². The Morgan fingerprint density at radius 1 is 0.903 bits per heavy atom. The van der Waals surface area contributed by atoms with E-state index in [9.17, 15) is 4.79 Å². The quantitative estimate of drug-likeness (QED) is 0.460. The Balaban J connectivity index is 1.37. The van der Waals surface area contributed by atoms with E-state index in [-0.39, 0.29) is 5.91 Å². The van der Waals surface area contributed by atoms with Gasteiger partial charge in [-0.05, 0) is 35.9 Å². The molecule has 0 saturated heterocycles. The summed E-state index contributed by atoms with van der Waals surface area (Å²) in [4.78, 5) is 25.8. The number of hydrogen-bond donors (Lipinski definition) is 1. The minimum atomic E-state index is -0.278. The number of anilines is 1. The van der Waals surface area contributed by atoms with Crippen LogP contribution in [0.4, 0.5) is 5.69 Å². The lowest BCUT2D eigenvalue weighted by molar-refractivity contribution is 0.102. The van der Waals surface area contributed by atoms with Gasteiger partial charge in [-0.3, -0.25) is 9.78 Å². The third kappa shape index (κ3) is 4.02. The van der Waals surface area contributed by atoms with Gasteiger partial charge < -0.3 is 9.84 Å². The van der Waals surface area contributed by atoms with Crippen molar-refractivity contribution in [3.05, 3.63) is 102 Å². The number of nitrogens with zero attached hydrogens (tertiary/aromatic N) is 4. The Morgan fingerprint density at radius 2 is 1.77 bits per heavy atom. The van der Waals surface area contributed by atoms with Gasteiger partial charge >= 0.3 is 0 Å². The lowest BCUT2D eigenvalue weighted by Crippen LogP contribution is -2.15. The van der Waals surface area contributed by atoms with Crippen molar-refractivity contribution in [3.8, 4) is 11.4 Å². The first kappa shape index (κ1) is 18.6. The van der Waals surface area contributed by atoms with E-state index in [2.05, 4.69) is 25.4 Å². The summed E-state index contributed by atoms with van der Waals surface area (Å²) >= 11 is 0. The molecular weight excluding hydrogens is 390 g/mol. The number of para-hydroxylation sites is 2. The molecule has 0 aliphatic heterocycles. The fourth-order valence-corrected chi connectivity index (χ4v) is 3.28. The van der Waals surface area contributed by atoms with Crippen molar-refractivity contribution in [2.45, 2.75) is 6.42 Å². The van der Waals surface area contributed by atoms with Crippen molar-refractivity contribution in [2.75, 3.05) is 5.32 Å². The summed E-state index contributed by atoms with van der Waals surface area (Å²) in [6.07, 6.45) is 3.75. The monoisotopic (exact) mass is 407 g/mol. The standard InChI is InChI=1S/C24H17N5O2/c30-24(21-12-11-16-6-1-3-9-19(16)26-21)27-20-10-4-2-7-17(20)14-22-28-23(29-31-22)18-8-5-13-25-15-18/h1-13,15H,14H2,(H,27,30). The molecule has 0 fully saturated rings. The maximum atomic E-state index is 12.8. The highest BCUT2D eigenvalue weighted by Crippen LogP contribution is 2.21. The summed E-state index contributed by atoms with van der Waals surface area (Å²) < 4.78 is 5.40. The Kier molecular flexibility index (Phi) is 4.90. The van der Waals surface area contributed by atoms with Gasteiger partial charge in [0.25, 0.3) is 5.91 Å². The van der Waals surface area contributed by atoms with E-state index in [0.29, 0.717) is 29.5 Å². The molecule has 1 N–H and O–H groups in total. The average molecular weight is 407 g/mol. The van der Waals surface area contributed by atoms with Crippen molar-refractivity contribution >= 4 is 22.5 Å². The predicted octanol–water partition coefficient (Wildman–Crippen LogP) is 4.52. The lowest BCUT2D eigenvalue weighted by Gasteiger charge is -2.10. The first-order valence-corrected chi connectivity index (χ1v) is 9.74. The summed E-state index contributed by atoms with van der Waals surface area (Å²) in [5.74, 6) is 0.647. The highest BCUT2D eigenvalue weighted by molar-refractivity contribution is 6.04. The van der Waals surface area contributed by atoms with E-state index in [1.807, 2.05) is 66.7 Å². The smallest absolute Gasteiger partial charge is 0.274 e. The number of aromatic nitrogens is 4. The van der Waals surface area contributed by atoms with E-state index < -0.39 is 0 Å². The molecule has 0 spiro atoms. The van der Waals surface area contributed by atoms with Crippen LogP contribution >= 0.6 is 0 Å².